The minimum Gasteiger partial charge on any atom is -0.380 e. The van der Waals surface area contributed by atoms with Crippen molar-refractivity contribution in [3.8, 4) is 0 Å². The van der Waals surface area contributed by atoms with Gasteiger partial charge in [0.15, 0.2) is 0 Å². The Labute approximate surface area is 429 Å². The predicted octanol–water partition coefficient (Wildman–Crippen LogP) is 8.20. The fourth-order valence-corrected chi connectivity index (χ4v) is 16.3. The van der Waals surface area contributed by atoms with Crippen molar-refractivity contribution in [1.82, 2.24) is 42.5 Å². The number of nitrogens with one attached hydrogen (secondary N) is 12. The third kappa shape index (κ3) is 9.24. The third-order valence-electron chi connectivity index (χ3n) is 19.8. The minimum absolute atomic E-state index is 0.00839. The molecule has 72 heavy (non-hydrogen) atoms. The van der Waals surface area contributed by atoms with Gasteiger partial charge in [0.1, 0.15) is 0 Å². The van der Waals surface area contributed by atoms with Crippen LogP contribution in [0, 0.1) is 75.0 Å². The van der Waals surface area contributed by atoms with E-state index in [0.717, 1.165) is 22.7 Å². The van der Waals surface area contributed by atoms with Gasteiger partial charge in [0.2, 0.25) is 0 Å². The number of hydrogen-bond acceptors (Lipinski definition) is 12. The lowest BCUT2D eigenvalue weighted by atomic mass is 9.66. The number of fused-ring (bicyclic) bond motifs is 20. The van der Waals surface area contributed by atoms with Gasteiger partial charge >= 0.3 is 0 Å². The lowest BCUT2D eigenvalue weighted by molar-refractivity contribution is 0.138. The van der Waals surface area contributed by atoms with Gasteiger partial charge < -0.3 is 21.3 Å². The first kappa shape index (κ1) is 47.5. The van der Waals surface area contributed by atoms with Crippen LogP contribution < -0.4 is 63.8 Å². The van der Waals surface area contributed by atoms with E-state index in [1.54, 1.807) is 0 Å². The van der Waals surface area contributed by atoms with Crippen LogP contribution in [0.25, 0.3) is 0 Å². The fraction of sp³-hybridized carbons (Fsp3) is 0.600. The van der Waals surface area contributed by atoms with Gasteiger partial charge in [-0.25, -0.2) is 0 Å². The zero-order chi connectivity index (χ0) is 48.5. The monoisotopic (exact) mass is 973 g/mol. The lowest BCUT2D eigenvalue weighted by Crippen LogP contribution is -2.70. The molecule has 4 aliphatic carbocycles. The Morgan fingerprint density at radius 3 is 0.694 bits per heavy atom. The van der Waals surface area contributed by atoms with E-state index in [-0.39, 0.29) is 73.0 Å². The quantitative estimate of drug-likeness (QED) is 0.0828. The van der Waals surface area contributed by atoms with Crippen molar-refractivity contribution in [3.05, 3.63) is 119 Å². The minimum atomic E-state index is -0.0576. The van der Waals surface area contributed by atoms with E-state index in [4.69, 9.17) is 0 Å². The molecule has 13 rings (SSSR count). The number of benzene rings is 4. The first-order chi connectivity index (χ1) is 35.3. The van der Waals surface area contributed by atoms with E-state index in [1.807, 2.05) is 0 Å². The Hall–Kier alpha value is -4.24. The first-order valence-electron chi connectivity index (χ1n) is 28.7. The number of hydrogen-bond donors (Lipinski definition) is 12. The third-order valence-corrected chi connectivity index (χ3v) is 19.8. The summed E-state index contributed by atoms with van der Waals surface area (Å²) in [5, 5.41) is 52.5. The van der Waals surface area contributed by atoms with Crippen molar-refractivity contribution in [1.29, 1.82) is 0 Å². The number of rotatable bonds is 8. The van der Waals surface area contributed by atoms with Crippen LogP contribution in [0.15, 0.2) is 97.1 Å². The second-order valence-electron chi connectivity index (χ2n) is 24.3. The Kier molecular flexibility index (Phi) is 13.3. The van der Waals surface area contributed by atoms with Gasteiger partial charge in [0.05, 0.1) is 73.5 Å². The van der Waals surface area contributed by atoms with Gasteiger partial charge in [0, 0.05) is 34.6 Å². The topological polar surface area (TPSA) is 144 Å². The van der Waals surface area contributed by atoms with E-state index < -0.39 is 0 Å². The van der Waals surface area contributed by atoms with E-state index in [9.17, 15) is 0 Å². The van der Waals surface area contributed by atoms with Crippen LogP contribution in [0.1, 0.15) is 99.3 Å². The second kappa shape index (κ2) is 20.1. The molecule has 9 fully saturated rings. The molecule has 12 nitrogen and oxygen atoms in total. The highest BCUT2D eigenvalue weighted by Gasteiger charge is 2.62. The highest BCUT2D eigenvalue weighted by molar-refractivity contribution is 5.56. The van der Waals surface area contributed by atoms with Crippen LogP contribution in [-0.4, -0.2) is 73.5 Å². The molecule has 12 N–H and O–H groups in total. The predicted molar refractivity (Wildman–Crippen MR) is 293 cm³/mol. The molecule has 9 aliphatic rings. The van der Waals surface area contributed by atoms with E-state index >= 15 is 0 Å². The fourth-order valence-electron chi connectivity index (χ4n) is 16.3. The molecule has 5 saturated heterocycles. The molecule has 20 atom stereocenters. The van der Waals surface area contributed by atoms with Gasteiger partial charge in [-0.2, -0.15) is 0 Å². The molecule has 384 valence electrons. The van der Waals surface area contributed by atoms with Gasteiger partial charge in [0.25, 0.3) is 0 Å². The molecule has 0 amide bonds. The van der Waals surface area contributed by atoms with Crippen molar-refractivity contribution >= 4 is 22.7 Å². The Balaban J connectivity index is 0.963. The van der Waals surface area contributed by atoms with Crippen LogP contribution in [-0.2, 0) is 0 Å². The smallest absolute Gasteiger partial charge is 0.0687 e. The highest BCUT2D eigenvalue weighted by atomic mass is 15.4. The molecule has 4 aromatic rings. The molecule has 0 spiro atoms. The summed E-state index contributed by atoms with van der Waals surface area (Å²) in [7, 11) is 0. The summed E-state index contributed by atoms with van der Waals surface area (Å²) >= 11 is 0. The molecule has 5 heterocycles. The van der Waals surface area contributed by atoms with Gasteiger partial charge in [-0.3, -0.25) is 42.5 Å². The largest absolute Gasteiger partial charge is 0.380 e. The van der Waals surface area contributed by atoms with Crippen LogP contribution >= 0.6 is 0 Å². The molecule has 20 unspecified atom stereocenters. The highest BCUT2D eigenvalue weighted by Crippen LogP contribution is 2.48. The van der Waals surface area contributed by atoms with Crippen molar-refractivity contribution in [2.24, 2.45) is 47.3 Å². The van der Waals surface area contributed by atoms with E-state index in [0.29, 0.717) is 47.8 Å². The molecule has 12 heteroatoms. The Morgan fingerprint density at radius 1 is 0.264 bits per heavy atom. The van der Waals surface area contributed by atoms with Crippen molar-refractivity contribution in [2.75, 3.05) is 21.3 Å². The molecule has 4 aromatic carbocycles. The van der Waals surface area contributed by atoms with Crippen LogP contribution in [0.5, 0.6) is 0 Å². The van der Waals surface area contributed by atoms with Gasteiger partial charge in [-0.1, -0.05) is 109 Å². The van der Waals surface area contributed by atoms with Crippen LogP contribution in [0.3, 0.4) is 0 Å². The summed E-state index contributed by atoms with van der Waals surface area (Å²) < 4.78 is 0. The first-order valence-corrected chi connectivity index (χ1v) is 28.7. The molecule has 4 saturated carbocycles. The van der Waals surface area contributed by atoms with Crippen LogP contribution in [0.4, 0.5) is 22.7 Å². The summed E-state index contributed by atoms with van der Waals surface area (Å²) in [5.74, 6) is 3.81. The van der Waals surface area contributed by atoms with Crippen LogP contribution in [0.2, 0.25) is 0 Å². The molecular formula is C60H84N12. The average Bonchev–Trinajstić information content (AvgIpc) is 4.14. The molecule has 0 radical (unpaired) electrons. The lowest BCUT2D eigenvalue weighted by Gasteiger charge is -2.53. The summed E-state index contributed by atoms with van der Waals surface area (Å²) in [5.41, 5.74) is 9.65. The Bertz CT molecular complexity index is 2280. The SMILES string of the molecule is Cc1ccc(NC2C(Nc3ccc(C)cc3)C(Nc3ccc(C)cc3)C3C4NC5NC(NC6NC(NC7NC(NC(N4)C3C2Nc2ccc(C)cc2)C2CCCCC72)C2CCCCC62)C2CCCCC52)cc1. The normalized spacial score (nSPS) is 41.1. The maximum absolute atomic E-state index is 4.52. The average molecular weight is 973 g/mol. The number of aryl methyl sites for hydroxylation is 4. The maximum atomic E-state index is 4.52. The molecule has 0 aromatic heterocycles. The summed E-state index contributed by atoms with van der Waals surface area (Å²) in [6.45, 7) is 8.77. The Morgan fingerprint density at radius 2 is 0.458 bits per heavy atom. The summed E-state index contributed by atoms with van der Waals surface area (Å²) in [4.78, 5) is 0. The second-order valence-corrected chi connectivity index (χ2v) is 24.3. The molecule has 8 bridgehead atoms. The number of anilines is 4. The van der Waals surface area contributed by atoms with Crippen molar-refractivity contribution in [2.45, 2.75) is 178 Å². The van der Waals surface area contributed by atoms with Gasteiger partial charge in [-0.05, 0) is 150 Å². The van der Waals surface area contributed by atoms with Crippen molar-refractivity contribution < 1.29 is 0 Å². The molecule has 5 aliphatic heterocycles. The molecular weight excluding hydrogens is 889 g/mol. The van der Waals surface area contributed by atoms with E-state index in [1.165, 1.54) is 99.3 Å². The maximum Gasteiger partial charge on any atom is 0.0687 e. The zero-order valence-electron chi connectivity index (χ0n) is 43.3. The van der Waals surface area contributed by atoms with Crippen molar-refractivity contribution in [3.63, 3.8) is 0 Å². The summed E-state index contributed by atoms with van der Waals surface area (Å²) in [6, 6.07) is 36.2. The zero-order valence-corrected chi connectivity index (χ0v) is 43.3. The van der Waals surface area contributed by atoms with E-state index in [2.05, 4.69) is 189 Å². The standard InChI is InChI=1S/C60H84N12/c1-33-17-25-37(26-18-33)61-49-47-48(50(62-38-27-19-34(2)20-28-38)52(64-40-31-23-36(4)24-32-40)51(49)63-39-29-21-35(3)22-30-39)60-71-58-46-16-10-8-14-44(46)56(69-58)67-54-42-12-6-5-11-41(42)53(65-54)66-55-43-13-7-9-15-45(43)57(68-55)70-59(47)72-60/h17-32,41-72H,5-16H2,1-4H3. The summed E-state index contributed by atoms with van der Waals surface area (Å²) in [6.07, 6.45) is 17.0. The van der Waals surface area contributed by atoms with Gasteiger partial charge in [-0.15, -0.1) is 0 Å².